The average Bonchev–Trinajstić information content (AvgIpc) is 2.79. The Balaban J connectivity index is 2.16. The van der Waals surface area contributed by atoms with Crippen LogP contribution in [0.3, 0.4) is 0 Å². The second-order valence-corrected chi connectivity index (χ2v) is 7.05. The van der Waals surface area contributed by atoms with Crippen molar-refractivity contribution in [2.75, 3.05) is 0 Å². The lowest BCUT2D eigenvalue weighted by Gasteiger charge is -2.09. The molecule has 4 heteroatoms. The minimum absolute atomic E-state index is 0.413. The van der Waals surface area contributed by atoms with Gasteiger partial charge in [-0.15, -0.1) is 0 Å². The predicted molar refractivity (Wildman–Crippen MR) is 107 cm³/mol. The van der Waals surface area contributed by atoms with E-state index in [1.54, 1.807) is 11.8 Å². The Hall–Kier alpha value is -2.10. The molecule has 0 aliphatic carbocycles. The third kappa shape index (κ3) is 4.12. The lowest BCUT2D eigenvalue weighted by atomic mass is 10.0. The van der Waals surface area contributed by atoms with E-state index in [0.29, 0.717) is 11.4 Å². The van der Waals surface area contributed by atoms with E-state index in [1.807, 2.05) is 48.6 Å². The van der Waals surface area contributed by atoms with E-state index < -0.39 is 0 Å². The molecule has 2 nitrogen and oxygen atoms in total. The van der Waals surface area contributed by atoms with Crippen molar-refractivity contribution in [3.05, 3.63) is 87.4 Å². The number of benzene rings is 2. The first-order valence-electron chi connectivity index (χ1n) is 8.18. The van der Waals surface area contributed by atoms with Crippen molar-refractivity contribution < 1.29 is 4.79 Å². The number of aliphatic imine (C=N–C) groups is 1. The van der Waals surface area contributed by atoms with Gasteiger partial charge >= 0.3 is 0 Å². The van der Waals surface area contributed by atoms with Gasteiger partial charge in [0.2, 0.25) is 0 Å². The van der Waals surface area contributed by atoms with Crippen LogP contribution in [0.1, 0.15) is 30.9 Å². The monoisotopic (exact) mass is 367 g/mol. The molecule has 0 N–H and O–H groups in total. The molecule has 1 aliphatic heterocycles. The van der Waals surface area contributed by atoms with E-state index in [-0.39, 0.29) is 0 Å². The van der Waals surface area contributed by atoms with Crippen molar-refractivity contribution in [1.82, 2.24) is 0 Å². The van der Waals surface area contributed by atoms with Crippen molar-refractivity contribution >= 4 is 35.4 Å². The smallest absolute Gasteiger partial charge is 0.123 e. The highest BCUT2D eigenvalue weighted by molar-refractivity contribution is 8.03. The fourth-order valence-electron chi connectivity index (χ4n) is 2.62. The number of halogens is 1. The third-order valence-electron chi connectivity index (χ3n) is 3.85. The second-order valence-electron chi connectivity index (χ2n) is 5.53. The Morgan fingerprint density at radius 1 is 1.12 bits per heavy atom. The number of fused-ring (bicyclic) bond motifs is 1. The summed E-state index contributed by atoms with van der Waals surface area (Å²) < 4.78 is 0. The highest BCUT2D eigenvalue weighted by Gasteiger charge is 2.18. The predicted octanol–water partition coefficient (Wildman–Crippen LogP) is 6.05. The van der Waals surface area contributed by atoms with Crippen molar-refractivity contribution in [3.63, 3.8) is 0 Å². The Labute approximate surface area is 157 Å². The lowest BCUT2D eigenvalue weighted by molar-refractivity contribution is -0.107. The summed E-state index contributed by atoms with van der Waals surface area (Å²) in [6.07, 6.45) is 6.02. The Morgan fingerprint density at radius 3 is 2.60 bits per heavy atom. The van der Waals surface area contributed by atoms with Crippen LogP contribution in [0, 0.1) is 0 Å². The molecule has 3 rings (SSSR count). The fraction of sp³-hybridized carbons (Fsp3) is 0.143. The lowest BCUT2D eigenvalue weighted by Crippen LogP contribution is -2.04. The van der Waals surface area contributed by atoms with E-state index in [0.717, 1.165) is 45.0 Å². The molecule has 25 heavy (non-hydrogen) atoms. The van der Waals surface area contributed by atoms with E-state index in [2.05, 4.69) is 19.1 Å². The van der Waals surface area contributed by atoms with Crippen LogP contribution in [0.2, 0.25) is 5.02 Å². The van der Waals surface area contributed by atoms with Crippen LogP contribution in [0.4, 0.5) is 0 Å². The molecule has 0 bridgehead atoms. The minimum Gasteiger partial charge on any atom is -0.303 e. The van der Waals surface area contributed by atoms with Gasteiger partial charge in [0.05, 0.1) is 11.4 Å². The van der Waals surface area contributed by atoms with E-state index >= 15 is 0 Å². The number of allylic oxidation sites excluding steroid dienone is 3. The van der Waals surface area contributed by atoms with Crippen LogP contribution in [0.25, 0.3) is 0 Å². The Morgan fingerprint density at radius 2 is 1.88 bits per heavy atom. The van der Waals surface area contributed by atoms with Gasteiger partial charge in [-0.2, -0.15) is 0 Å². The number of hydrogen-bond acceptors (Lipinski definition) is 3. The summed E-state index contributed by atoms with van der Waals surface area (Å²) in [6.45, 7) is 2.10. The van der Waals surface area contributed by atoms with Crippen LogP contribution < -0.4 is 0 Å². The number of carbonyl (C=O) groups is 1. The van der Waals surface area contributed by atoms with E-state index in [9.17, 15) is 4.79 Å². The Kier molecular flexibility index (Phi) is 5.90. The van der Waals surface area contributed by atoms with Gasteiger partial charge in [-0.3, -0.25) is 4.99 Å². The maximum Gasteiger partial charge on any atom is 0.123 e. The molecular weight excluding hydrogens is 350 g/mol. The maximum absolute atomic E-state index is 10.6. The van der Waals surface area contributed by atoms with Crippen LogP contribution >= 0.6 is 23.4 Å². The summed E-state index contributed by atoms with van der Waals surface area (Å²) in [5.74, 6) is 0. The van der Waals surface area contributed by atoms with Gasteiger partial charge in [-0.05, 0) is 30.7 Å². The molecule has 2 aromatic rings. The van der Waals surface area contributed by atoms with Crippen LogP contribution in [0.5, 0.6) is 0 Å². The van der Waals surface area contributed by atoms with Crippen LogP contribution in [-0.4, -0.2) is 12.0 Å². The SMILES string of the molecule is CCC1=C(/C=C\CC=O)Sc2ccccc2C(c2ccc(Cl)cc2)=N1. The summed E-state index contributed by atoms with van der Waals surface area (Å²) in [4.78, 5) is 17.8. The quantitative estimate of drug-likeness (QED) is 0.602. The first-order chi connectivity index (χ1) is 12.2. The standard InChI is InChI=1S/C21H18ClNOS/c1-2-18-20(9-5-6-14-24)25-19-8-4-3-7-17(19)21(23-18)15-10-12-16(22)13-11-15/h3-5,7-14H,2,6H2,1H3/b9-5-. The molecule has 0 unspecified atom stereocenters. The average molecular weight is 368 g/mol. The molecule has 1 heterocycles. The van der Waals surface area contributed by atoms with E-state index in [4.69, 9.17) is 16.6 Å². The van der Waals surface area contributed by atoms with Gasteiger partial charge in [0, 0.05) is 32.4 Å². The number of rotatable bonds is 5. The number of carbonyl (C=O) groups excluding carboxylic acids is 1. The number of thioether (sulfide) groups is 1. The largest absolute Gasteiger partial charge is 0.303 e. The van der Waals surface area contributed by atoms with Crippen molar-refractivity contribution in [2.24, 2.45) is 4.99 Å². The van der Waals surface area contributed by atoms with Gasteiger partial charge in [0.15, 0.2) is 0 Å². The van der Waals surface area contributed by atoms with Gasteiger partial charge in [-0.1, -0.05) is 66.7 Å². The molecule has 0 saturated heterocycles. The topological polar surface area (TPSA) is 29.4 Å². The zero-order valence-electron chi connectivity index (χ0n) is 13.9. The molecule has 0 radical (unpaired) electrons. The van der Waals surface area contributed by atoms with Crippen molar-refractivity contribution in [3.8, 4) is 0 Å². The molecule has 0 saturated carbocycles. The first kappa shape index (κ1) is 17.7. The maximum atomic E-state index is 10.6. The van der Waals surface area contributed by atoms with Crippen LogP contribution in [0.15, 0.2) is 81.2 Å². The minimum atomic E-state index is 0.413. The summed E-state index contributed by atoms with van der Waals surface area (Å²) >= 11 is 7.74. The van der Waals surface area contributed by atoms with Gasteiger partial charge in [0.25, 0.3) is 0 Å². The summed E-state index contributed by atoms with van der Waals surface area (Å²) in [5, 5.41) is 0.712. The molecule has 0 spiro atoms. The summed E-state index contributed by atoms with van der Waals surface area (Å²) in [6, 6.07) is 16.1. The molecule has 2 aromatic carbocycles. The molecular formula is C21H18ClNOS. The van der Waals surface area contributed by atoms with Gasteiger partial charge in [0.1, 0.15) is 6.29 Å². The zero-order chi connectivity index (χ0) is 17.6. The van der Waals surface area contributed by atoms with Gasteiger partial charge in [-0.25, -0.2) is 0 Å². The first-order valence-corrected chi connectivity index (χ1v) is 9.37. The molecule has 0 amide bonds. The molecule has 126 valence electrons. The second kappa shape index (κ2) is 8.32. The number of nitrogens with zero attached hydrogens (tertiary/aromatic N) is 1. The zero-order valence-corrected chi connectivity index (χ0v) is 15.5. The highest BCUT2D eigenvalue weighted by Crippen LogP contribution is 2.38. The summed E-state index contributed by atoms with van der Waals surface area (Å²) in [5.41, 5.74) is 4.13. The fourth-order valence-corrected chi connectivity index (χ4v) is 3.88. The van der Waals surface area contributed by atoms with Crippen molar-refractivity contribution in [2.45, 2.75) is 24.7 Å². The third-order valence-corrected chi connectivity index (χ3v) is 5.27. The number of aldehydes is 1. The Bertz CT molecular complexity index is 866. The van der Waals surface area contributed by atoms with E-state index in [1.165, 1.54) is 0 Å². The molecule has 1 aliphatic rings. The normalized spacial score (nSPS) is 14.2. The van der Waals surface area contributed by atoms with Crippen LogP contribution in [-0.2, 0) is 4.79 Å². The highest BCUT2D eigenvalue weighted by atomic mass is 35.5. The van der Waals surface area contributed by atoms with Gasteiger partial charge < -0.3 is 4.79 Å². The molecule has 0 fully saturated rings. The van der Waals surface area contributed by atoms with Crippen molar-refractivity contribution in [1.29, 1.82) is 0 Å². The molecule has 0 atom stereocenters. The number of hydrogen-bond donors (Lipinski definition) is 0. The molecule has 0 aromatic heterocycles. The summed E-state index contributed by atoms with van der Waals surface area (Å²) in [7, 11) is 0.